The summed E-state index contributed by atoms with van der Waals surface area (Å²) in [6.07, 6.45) is 7.96. The fourth-order valence-electron chi connectivity index (χ4n) is 2.67. The predicted molar refractivity (Wildman–Crippen MR) is 89.9 cm³/mol. The Labute approximate surface area is 134 Å². The molecule has 1 aliphatic heterocycles. The standard InChI is InChI=1S/C15H25BrN4O/c1-2-8-20-15(21)14(16)13(12-18-20)17-7-11-19-9-5-3-4-6-10-19/h12,17H,2-11H2,1H3. The van der Waals surface area contributed by atoms with E-state index < -0.39 is 0 Å². The molecule has 0 spiro atoms. The van der Waals surface area contributed by atoms with E-state index in [-0.39, 0.29) is 5.56 Å². The second-order valence-corrected chi connectivity index (χ2v) is 6.38. The van der Waals surface area contributed by atoms with Gasteiger partial charge in [-0.1, -0.05) is 19.8 Å². The highest BCUT2D eigenvalue weighted by Gasteiger charge is 2.10. The number of halogens is 1. The van der Waals surface area contributed by atoms with Gasteiger partial charge in [-0.15, -0.1) is 0 Å². The van der Waals surface area contributed by atoms with Gasteiger partial charge in [0.05, 0.1) is 11.9 Å². The fourth-order valence-corrected chi connectivity index (χ4v) is 3.12. The highest BCUT2D eigenvalue weighted by atomic mass is 79.9. The maximum Gasteiger partial charge on any atom is 0.283 e. The number of hydrogen-bond acceptors (Lipinski definition) is 4. The molecule has 1 fully saturated rings. The molecular weight excluding hydrogens is 332 g/mol. The van der Waals surface area contributed by atoms with Crippen LogP contribution in [0.3, 0.4) is 0 Å². The molecule has 0 radical (unpaired) electrons. The molecule has 0 unspecified atom stereocenters. The number of aromatic nitrogens is 2. The average molecular weight is 357 g/mol. The Hall–Kier alpha value is -0.880. The lowest BCUT2D eigenvalue weighted by atomic mass is 10.2. The van der Waals surface area contributed by atoms with Crippen molar-refractivity contribution in [3.63, 3.8) is 0 Å². The zero-order chi connectivity index (χ0) is 15.1. The van der Waals surface area contributed by atoms with Crippen LogP contribution in [0, 0.1) is 0 Å². The van der Waals surface area contributed by atoms with Gasteiger partial charge >= 0.3 is 0 Å². The van der Waals surface area contributed by atoms with Gasteiger partial charge in [0, 0.05) is 19.6 Å². The summed E-state index contributed by atoms with van der Waals surface area (Å²) in [5.74, 6) is 0. The van der Waals surface area contributed by atoms with E-state index in [2.05, 4.69) is 31.2 Å². The van der Waals surface area contributed by atoms with Crippen molar-refractivity contribution >= 4 is 21.6 Å². The lowest BCUT2D eigenvalue weighted by Crippen LogP contribution is -2.30. The first kappa shape index (κ1) is 16.5. The minimum absolute atomic E-state index is 0.0587. The van der Waals surface area contributed by atoms with Crippen molar-refractivity contribution in [1.29, 1.82) is 0 Å². The third kappa shape index (κ3) is 4.81. The zero-order valence-electron chi connectivity index (χ0n) is 12.8. The smallest absolute Gasteiger partial charge is 0.283 e. The maximum absolute atomic E-state index is 12.1. The molecule has 1 aromatic rings. The summed E-state index contributed by atoms with van der Waals surface area (Å²) in [5, 5.41) is 7.53. The molecule has 1 aliphatic rings. The van der Waals surface area contributed by atoms with Crippen molar-refractivity contribution in [2.24, 2.45) is 0 Å². The SMILES string of the molecule is CCCn1ncc(NCCN2CCCCCC2)c(Br)c1=O. The van der Waals surface area contributed by atoms with Gasteiger partial charge in [0.1, 0.15) is 4.47 Å². The largest absolute Gasteiger partial charge is 0.381 e. The molecule has 0 saturated carbocycles. The number of rotatable bonds is 6. The van der Waals surface area contributed by atoms with E-state index in [1.54, 1.807) is 6.20 Å². The second kappa shape index (κ2) is 8.54. The first-order valence-electron chi connectivity index (χ1n) is 7.94. The Bertz CT molecular complexity index is 495. The molecule has 0 amide bonds. The van der Waals surface area contributed by atoms with Crippen molar-refractivity contribution in [2.45, 2.75) is 45.6 Å². The zero-order valence-corrected chi connectivity index (χ0v) is 14.4. The average Bonchev–Trinajstić information content (AvgIpc) is 2.75. The van der Waals surface area contributed by atoms with Crippen LogP contribution in [0.2, 0.25) is 0 Å². The van der Waals surface area contributed by atoms with Crippen LogP contribution >= 0.6 is 15.9 Å². The molecule has 0 bridgehead atoms. The molecule has 21 heavy (non-hydrogen) atoms. The van der Waals surface area contributed by atoms with Gasteiger partial charge in [-0.25, -0.2) is 4.68 Å². The Morgan fingerprint density at radius 3 is 2.62 bits per heavy atom. The van der Waals surface area contributed by atoms with Crippen molar-refractivity contribution in [3.8, 4) is 0 Å². The third-order valence-corrected chi connectivity index (χ3v) is 4.63. The van der Waals surface area contributed by atoms with E-state index >= 15 is 0 Å². The maximum atomic E-state index is 12.1. The second-order valence-electron chi connectivity index (χ2n) is 5.58. The lowest BCUT2D eigenvalue weighted by Gasteiger charge is -2.20. The van der Waals surface area contributed by atoms with Crippen molar-refractivity contribution in [2.75, 3.05) is 31.5 Å². The van der Waals surface area contributed by atoms with Gasteiger partial charge in [-0.05, 0) is 48.3 Å². The van der Waals surface area contributed by atoms with E-state index in [1.807, 2.05) is 6.92 Å². The van der Waals surface area contributed by atoms with E-state index in [9.17, 15) is 4.79 Å². The van der Waals surface area contributed by atoms with E-state index in [0.717, 1.165) is 25.2 Å². The van der Waals surface area contributed by atoms with Crippen molar-refractivity contribution in [3.05, 3.63) is 21.0 Å². The molecule has 1 saturated heterocycles. The normalized spacial score (nSPS) is 16.7. The molecule has 0 atom stereocenters. The van der Waals surface area contributed by atoms with Gasteiger partial charge in [-0.3, -0.25) is 4.79 Å². The van der Waals surface area contributed by atoms with Crippen molar-refractivity contribution in [1.82, 2.24) is 14.7 Å². The first-order chi connectivity index (χ1) is 10.2. The quantitative estimate of drug-likeness (QED) is 0.851. The Kier molecular flexibility index (Phi) is 6.70. The van der Waals surface area contributed by atoms with Gasteiger partial charge in [-0.2, -0.15) is 5.10 Å². The highest BCUT2D eigenvalue weighted by Crippen LogP contribution is 2.16. The first-order valence-corrected chi connectivity index (χ1v) is 8.73. The molecular formula is C15H25BrN4O. The highest BCUT2D eigenvalue weighted by molar-refractivity contribution is 9.10. The van der Waals surface area contributed by atoms with Gasteiger partial charge in [0.2, 0.25) is 0 Å². The van der Waals surface area contributed by atoms with Crippen LogP contribution in [-0.2, 0) is 6.54 Å². The van der Waals surface area contributed by atoms with Gasteiger partial charge < -0.3 is 10.2 Å². The number of nitrogens with zero attached hydrogens (tertiary/aromatic N) is 3. The summed E-state index contributed by atoms with van der Waals surface area (Å²) < 4.78 is 2.09. The Morgan fingerprint density at radius 1 is 1.24 bits per heavy atom. The van der Waals surface area contributed by atoms with Crippen LogP contribution in [-0.4, -0.2) is 40.9 Å². The number of likely N-dealkylation sites (tertiary alicyclic amines) is 1. The molecule has 1 aromatic heterocycles. The summed E-state index contributed by atoms with van der Waals surface area (Å²) >= 11 is 3.39. The summed E-state index contributed by atoms with van der Waals surface area (Å²) in [7, 11) is 0. The number of hydrogen-bond donors (Lipinski definition) is 1. The summed E-state index contributed by atoms with van der Waals surface area (Å²) in [6.45, 7) is 6.95. The number of nitrogens with one attached hydrogen (secondary N) is 1. The number of aryl methyl sites for hydroxylation is 1. The van der Waals surface area contributed by atoms with Crippen LogP contribution in [0.15, 0.2) is 15.5 Å². The Morgan fingerprint density at radius 2 is 1.95 bits per heavy atom. The predicted octanol–water partition coefficient (Wildman–Crippen LogP) is 2.70. The van der Waals surface area contributed by atoms with E-state index in [1.165, 1.54) is 43.5 Å². The topological polar surface area (TPSA) is 50.2 Å². The minimum atomic E-state index is -0.0587. The van der Waals surface area contributed by atoms with Crippen LogP contribution in [0.4, 0.5) is 5.69 Å². The molecule has 5 nitrogen and oxygen atoms in total. The molecule has 118 valence electrons. The van der Waals surface area contributed by atoms with Gasteiger partial charge in [0.25, 0.3) is 5.56 Å². The van der Waals surface area contributed by atoms with E-state index in [4.69, 9.17) is 0 Å². The summed E-state index contributed by atoms with van der Waals surface area (Å²) in [5.41, 5.74) is 0.735. The Balaban J connectivity index is 1.88. The minimum Gasteiger partial charge on any atom is -0.381 e. The molecule has 6 heteroatoms. The van der Waals surface area contributed by atoms with Crippen LogP contribution in [0.25, 0.3) is 0 Å². The molecule has 0 aromatic carbocycles. The molecule has 2 heterocycles. The summed E-state index contributed by atoms with van der Waals surface area (Å²) in [4.78, 5) is 14.6. The van der Waals surface area contributed by atoms with Crippen LogP contribution in [0.1, 0.15) is 39.0 Å². The monoisotopic (exact) mass is 356 g/mol. The summed E-state index contributed by atoms with van der Waals surface area (Å²) in [6, 6.07) is 0. The fraction of sp³-hybridized carbons (Fsp3) is 0.733. The van der Waals surface area contributed by atoms with Crippen LogP contribution < -0.4 is 10.9 Å². The third-order valence-electron chi connectivity index (χ3n) is 3.86. The van der Waals surface area contributed by atoms with Crippen LogP contribution in [0.5, 0.6) is 0 Å². The van der Waals surface area contributed by atoms with E-state index in [0.29, 0.717) is 11.0 Å². The van der Waals surface area contributed by atoms with Crippen molar-refractivity contribution < 1.29 is 0 Å². The molecule has 2 rings (SSSR count). The number of anilines is 1. The lowest BCUT2D eigenvalue weighted by molar-refractivity contribution is 0.296. The van der Waals surface area contributed by atoms with Gasteiger partial charge in [0.15, 0.2) is 0 Å². The molecule has 1 N–H and O–H groups in total. The molecule has 0 aliphatic carbocycles.